The highest BCUT2D eigenvalue weighted by Gasteiger charge is 2.07. The lowest BCUT2D eigenvalue weighted by atomic mass is 10.2. The molecule has 0 bridgehead atoms. The number of rotatable bonds is 8. The van der Waals surface area contributed by atoms with Gasteiger partial charge in [-0.15, -0.1) is 0 Å². The highest BCUT2D eigenvalue weighted by atomic mass is 32.2. The molecule has 25 heavy (non-hydrogen) atoms. The lowest BCUT2D eigenvalue weighted by Crippen LogP contribution is -2.11. The molecular formula is C20H22O4S. The van der Waals surface area contributed by atoms with E-state index in [0.717, 1.165) is 11.1 Å². The van der Waals surface area contributed by atoms with Crippen LogP contribution < -0.4 is 9.47 Å². The average molecular weight is 358 g/mol. The molecule has 2 aromatic rings. The molecule has 0 spiro atoms. The summed E-state index contributed by atoms with van der Waals surface area (Å²) >= 11 is 1.53. The number of benzene rings is 2. The predicted molar refractivity (Wildman–Crippen MR) is 100 cm³/mol. The van der Waals surface area contributed by atoms with Crippen molar-refractivity contribution < 1.29 is 19.1 Å². The van der Waals surface area contributed by atoms with E-state index in [-0.39, 0.29) is 11.9 Å². The van der Waals surface area contributed by atoms with Crippen LogP contribution in [0.1, 0.15) is 24.0 Å². The van der Waals surface area contributed by atoms with Crippen molar-refractivity contribution in [1.82, 2.24) is 0 Å². The molecular weight excluding hydrogens is 336 g/mol. The Hall–Kier alpha value is -2.27. The van der Waals surface area contributed by atoms with E-state index in [1.165, 1.54) is 11.8 Å². The van der Waals surface area contributed by atoms with Gasteiger partial charge in [0.1, 0.15) is 11.5 Å². The SMILES string of the molecule is Cc1ccc(OC(=O)CCSCCC(=O)Oc2ccc(C)cc2)cc1. The van der Waals surface area contributed by atoms with Gasteiger partial charge in [0.25, 0.3) is 0 Å². The fraction of sp³-hybridized carbons (Fsp3) is 0.300. The first-order chi connectivity index (χ1) is 12.0. The van der Waals surface area contributed by atoms with Crippen molar-refractivity contribution in [2.75, 3.05) is 11.5 Å². The Morgan fingerprint density at radius 1 is 0.720 bits per heavy atom. The minimum absolute atomic E-state index is 0.265. The van der Waals surface area contributed by atoms with Crippen LogP contribution in [0.4, 0.5) is 0 Å². The predicted octanol–water partition coefficient (Wildman–Crippen LogP) is 4.33. The van der Waals surface area contributed by atoms with Gasteiger partial charge in [0.2, 0.25) is 0 Å². The highest BCUT2D eigenvalue weighted by molar-refractivity contribution is 7.99. The van der Waals surface area contributed by atoms with Crippen LogP contribution in [0.5, 0.6) is 11.5 Å². The number of carbonyl (C=O) groups is 2. The number of hydrogen-bond acceptors (Lipinski definition) is 5. The summed E-state index contributed by atoms with van der Waals surface area (Å²) in [5, 5.41) is 0. The van der Waals surface area contributed by atoms with Crippen LogP contribution in [-0.2, 0) is 9.59 Å². The van der Waals surface area contributed by atoms with Crippen LogP contribution in [0.3, 0.4) is 0 Å². The van der Waals surface area contributed by atoms with Crippen molar-refractivity contribution in [3.05, 3.63) is 59.7 Å². The van der Waals surface area contributed by atoms with E-state index in [2.05, 4.69) is 0 Å². The summed E-state index contributed by atoms with van der Waals surface area (Å²) in [6, 6.07) is 14.7. The molecule has 0 aliphatic carbocycles. The van der Waals surface area contributed by atoms with Crippen molar-refractivity contribution in [1.29, 1.82) is 0 Å². The second kappa shape index (κ2) is 9.89. The number of hydrogen-bond donors (Lipinski definition) is 0. The van der Waals surface area contributed by atoms with Gasteiger partial charge in [0.05, 0.1) is 12.8 Å². The van der Waals surface area contributed by atoms with Gasteiger partial charge in [-0.25, -0.2) is 0 Å². The third kappa shape index (κ3) is 7.44. The van der Waals surface area contributed by atoms with Crippen LogP contribution in [-0.4, -0.2) is 23.4 Å². The van der Waals surface area contributed by atoms with Gasteiger partial charge in [0, 0.05) is 11.5 Å². The Balaban J connectivity index is 1.57. The van der Waals surface area contributed by atoms with Gasteiger partial charge < -0.3 is 9.47 Å². The quantitative estimate of drug-likeness (QED) is 0.399. The zero-order chi connectivity index (χ0) is 18.1. The maximum Gasteiger partial charge on any atom is 0.312 e. The summed E-state index contributed by atoms with van der Waals surface area (Å²) in [5.74, 6) is 1.81. The summed E-state index contributed by atoms with van der Waals surface area (Å²) in [6.07, 6.45) is 0.622. The fourth-order valence-electron chi connectivity index (χ4n) is 1.99. The van der Waals surface area contributed by atoms with Gasteiger partial charge in [0.15, 0.2) is 0 Å². The molecule has 0 unspecified atom stereocenters. The Labute approximate surface area is 152 Å². The molecule has 0 saturated heterocycles. The lowest BCUT2D eigenvalue weighted by molar-refractivity contribution is -0.134. The summed E-state index contributed by atoms with van der Waals surface area (Å²) in [6.45, 7) is 3.96. The maximum atomic E-state index is 11.7. The Morgan fingerprint density at radius 3 is 1.44 bits per heavy atom. The zero-order valence-corrected chi connectivity index (χ0v) is 15.3. The molecule has 0 aromatic heterocycles. The zero-order valence-electron chi connectivity index (χ0n) is 14.5. The molecule has 0 N–H and O–H groups in total. The molecule has 132 valence electrons. The minimum atomic E-state index is -0.265. The van der Waals surface area contributed by atoms with Crippen molar-refractivity contribution in [3.8, 4) is 11.5 Å². The normalized spacial score (nSPS) is 10.3. The third-order valence-corrected chi connectivity index (χ3v) is 4.39. The van der Waals surface area contributed by atoms with Crippen molar-refractivity contribution in [3.63, 3.8) is 0 Å². The van der Waals surface area contributed by atoms with Gasteiger partial charge in [-0.1, -0.05) is 35.4 Å². The van der Waals surface area contributed by atoms with Gasteiger partial charge >= 0.3 is 11.9 Å². The number of thioether (sulfide) groups is 1. The molecule has 5 heteroatoms. The summed E-state index contributed by atoms with van der Waals surface area (Å²) in [5.41, 5.74) is 2.24. The smallest absolute Gasteiger partial charge is 0.312 e. The first kappa shape index (κ1) is 19.1. The first-order valence-electron chi connectivity index (χ1n) is 8.15. The van der Waals surface area contributed by atoms with Crippen molar-refractivity contribution in [2.24, 2.45) is 0 Å². The highest BCUT2D eigenvalue weighted by Crippen LogP contribution is 2.15. The molecule has 2 aromatic carbocycles. The second-order valence-electron chi connectivity index (χ2n) is 5.69. The van der Waals surface area contributed by atoms with E-state index >= 15 is 0 Å². The number of aryl methyl sites for hydroxylation is 2. The van der Waals surface area contributed by atoms with Crippen LogP contribution in [0.2, 0.25) is 0 Å². The average Bonchev–Trinajstić information content (AvgIpc) is 2.59. The Bertz CT molecular complexity index is 631. The molecule has 0 aliphatic heterocycles. The monoisotopic (exact) mass is 358 g/mol. The topological polar surface area (TPSA) is 52.6 Å². The van der Waals surface area contributed by atoms with Crippen molar-refractivity contribution >= 4 is 23.7 Å². The van der Waals surface area contributed by atoms with E-state index in [4.69, 9.17) is 9.47 Å². The molecule has 2 rings (SSSR count). The number of carbonyl (C=O) groups excluding carboxylic acids is 2. The maximum absolute atomic E-state index is 11.7. The second-order valence-corrected chi connectivity index (χ2v) is 6.91. The molecule has 0 saturated carbocycles. The van der Waals surface area contributed by atoms with Crippen LogP contribution >= 0.6 is 11.8 Å². The lowest BCUT2D eigenvalue weighted by Gasteiger charge is -2.06. The summed E-state index contributed by atoms with van der Waals surface area (Å²) < 4.78 is 10.5. The molecule has 0 fully saturated rings. The van der Waals surface area contributed by atoms with Gasteiger partial charge in [-0.2, -0.15) is 11.8 Å². The molecule has 0 aliphatic rings. The summed E-state index contributed by atoms with van der Waals surface area (Å²) in [7, 11) is 0. The van der Waals surface area contributed by atoms with Gasteiger partial charge in [-0.3, -0.25) is 9.59 Å². The minimum Gasteiger partial charge on any atom is -0.427 e. The first-order valence-corrected chi connectivity index (χ1v) is 9.31. The van der Waals surface area contributed by atoms with Crippen LogP contribution in [0.25, 0.3) is 0 Å². The largest absolute Gasteiger partial charge is 0.427 e. The number of ether oxygens (including phenoxy) is 2. The Morgan fingerprint density at radius 2 is 1.08 bits per heavy atom. The third-order valence-electron chi connectivity index (χ3n) is 3.41. The molecule has 0 atom stereocenters. The van der Waals surface area contributed by atoms with E-state index in [1.807, 2.05) is 38.1 Å². The van der Waals surface area contributed by atoms with E-state index in [1.54, 1.807) is 24.3 Å². The molecule has 0 radical (unpaired) electrons. The summed E-state index contributed by atoms with van der Waals surface area (Å²) in [4.78, 5) is 23.5. The van der Waals surface area contributed by atoms with E-state index in [0.29, 0.717) is 35.8 Å². The standard InChI is InChI=1S/C20H22O4S/c1-15-3-7-17(8-4-15)23-19(21)11-13-25-14-12-20(22)24-18-9-5-16(2)6-10-18/h3-10H,11-14H2,1-2H3. The van der Waals surface area contributed by atoms with E-state index < -0.39 is 0 Å². The molecule has 4 nitrogen and oxygen atoms in total. The number of esters is 2. The fourth-order valence-corrected chi connectivity index (χ4v) is 2.82. The van der Waals surface area contributed by atoms with Crippen LogP contribution in [0, 0.1) is 13.8 Å². The van der Waals surface area contributed by atoms with Crippen LogP contribution in [0.15, 0.2) is 48.5 Å². The molecule has 0 amide bonds. The Kier molecular flexibility index (Phi) is 7.54. The molecule has 0 heterocycles. The van der Waals surface area contributed by atoms with Crippen molar-refractivity contribution in [2.45, 2.75) is 26.7 Å². The van der Waals surface area contributed by atoms with Gasteiger partial charge in [-0.05, 0) is 38.1 Å². The van der Waals surface area contributed by atoms with E-state index in [9.17, 15) is 9.59 Å².